The number of benzene rings is 1. The van der Waals surface area contributed by atoms with E-state index < -0.39 is 0 Å². The zero-order valence-corrected chi connectivity index (χ0v) is 14.2. The molecule has 2 rings (SSSR count). The molecule has 1 atom stereocenters. The summed E-state index contributed by atoms with van der Waals surface area (Å²) in [5, 5.41) is 0. The summed E-state index contributed by atoms with van der Waals surface area (Å²) in [5.74, 6) is 8.27. The Labute approximate surface area is 131 Å². The van der Waals surface area contributed by atoms with Crippen molar-refractivity contribution in [2.24, 2.45) is 23.6 Å². The van der Waals surface area contributed by atoms with E-state index in [1.165, 1.54) is 35.7 Å². The quantitative estimate of drug-likeness (QED) is 0.620. The molecule has 0 radical (unpaired) electrons. The van der Waals surface area contributed by atoms with Crippen LogP contribution in [0.4, 0.5) is 0 Å². The topological polar surface area (TPSA) is 38.0 Å². The number of hydrogen-bond acceptors (Lipinski definition) is 2. The Morgan fingerprint density at radius 3 is 2.30 bits per heavy atom. The zero-order valence-electron chi connectivity index (χ0n) is 12.6. The third-order valence-corrected chi connectivity index (χ3v) is 5.71. The van der Waals surface area contributed by atoms with Gasteiger partial charge in [-0.2, -0.15) is 0 Å². The van der Waals surface area contributed by atoms with Crippen molar-refractivity contribution >= 4 is 15.9 Å². The fourth-order valence-corrected chi connectivity index (χ4v) is 3.92. The van der Waals surface area contributed by atoms with Crippen LogP contribution >= 0.6 is 15.9 Å². The van der Waals surface area contributed by atoms with E-state index in [1.54, 1.807) is 0 Å². The van der Waals surface area contributed by atoms with Gasteiger partial charge in [0.1, 0.15) is 0 Å². The molecular formula is C17H27BrN2. The van der Waals surface area contributed by atoms with Crippen LogP contribution in [-0.2, 0) is 6.42 Å². The highest BCUT2D eigenvalue weighted by Gasteiger charge is 2.28. The summed E-state index contributed by atoms with van der Waals surface area (Å²) >= 11 is 3.64. The van der Waals surface area contributed by atoms with Gasteiger partial charge in [0.25, 0.3) is 0 Å². The van der Waals surface area contributed by atoms with Crippen LogP contribution in [0.2, 0.25) is 0 Å². The van der Waals surface area contributed by atoms with Crippen molar-refractivity contribution in [1.29, 1.82) is 0 Å². The predicted octanol–water partition coefficient (Wildman–Crippen LogP) is 4.29. The van der Waals surface area contributed by atoms with Crippen LogP contribution in [0.1, 0.15) is 45.1 Å². The molecular weight excluding hydrogens is 312 g/mol. The average molecular weight is 339 g/mol. The lowest BCUT2D eigenvalue weighted by atomic mass is 9.74. The van der Waals surface area contributed by atoms with Gasteiger partial charge in [-0.1, -0.05) is 48.0 Å². The molecule has 0 saturated heterocycles. The summed E-state index contributed by atoms with van der Waals surface area (Å²) in [7, 11) is 0. The molecule has 0 heterocycles. The highest BCUT2D eigenvalue weighted by atomic mass is 79.9. The Hall–Kier alpha value is -0.380. The monoisotopic (exact) mass is 338 g/mol. The van der Waals surface area contributed by atoms with E-state index in [4.69, 9.17) is 5.84 Å². The summed E-state index contributed by atoms with van der Waals surface area (Å²) in [5.41, 5.74) is 4.42. The van der Waals surface area contributed by atoms with E-state index in [0.717, 1.165) is 18.3 Å². The zero-order chi connectivity index (χ0) is 14.5. The van der Waals surface area contributed by atoms with Gasteiger partial charge in [-0.3, -0.25) is 11.3 Å². The second-order valence-electron chi connectivity index (χ2n) is 6.49. The van der Waals surface area contributed by atoms with Crippen LogP contribution in [0.15, 0.2) is 28.7 Å². The van der Waals surface area contributed by atoms with Crippen molar-refractivity contribution in [3.63, 3.8) is 0 Å². The molecule has 3 heteroatoms. The summed E-state index contributed by atoms with van der Waals surface area (Å²) in [4.78, 5) is 0. The van der Waals surface area contributed by atoms with Crippen molar-refractivity contribution in [2.75, 3.05) is 0 Å². The lowest BCUT2D eigenvalue weighted by molar-refractivity contribution is 0.188. The summed E-state index contributed by atoms with van der Waals surface area (Å²) < 4.78 is 1.19. The fraction of sp³-hybridized carbons (Fsp3) is 0.647. The third kappa shape index (κ3) is 4.06. The minimum atomic E-state index is 0.391. The Kier molecular flexibility index (Phi) is 6.06. The van der Waals surface area contributed by atoms with Gasteiger partial charge in [0.2, 0.25) is 0 Å². The Bertz CT molecular complexity index is 411. The summed E-state index contributed by atoms with van der Waals surface area (Å²) in [6.45, 7) is 4.70. The molecule has 1 aliphatic carbocycles. The molecule has 0 aliphatic heterocycles. The van der Waals surface area contributed by atoms with Crippen molar-refractivity contribution < 1.29 is 0 Å². The third-order valence-electron chi connectivity index (χ3n) is 4.94. The molecule has 0 spiro atoms. The molecule has 0 amide bonds. The SMILES string of the molecule is CC(C)C1CCC(C(Cc2ccccc2Br)NN)CC1. The lowest BCUT2D eigenvalue weighted by Gasteiger charge is -2.35. The van der Waals surface area contributed by atoms with Crippen LogP contribution in [0, 0.1) is 17.8 Å². The molecule has 0 bridgehead atoms. The van der Waals surface area contributed by atoms with Crippen LogP contribution in [-0.4, -0.2) is 6.04 Å². The maximum absolute atomic E-state index is 5.83. The maximum atomic E-state index is 5.83. The smallest absolute Gasteiger partial charge is 0.0279 e. The molecule has 3 N–H and O–H groups in total. The van der Waals surface area contributed by atoms with Gasteiger partial charge in [-0.15, -0.1) is 0 Å². The average Bonchev–Trinajstić information content (AvgIpc) is 2.46. The maximum Gasteiger partial charge on any atom is 0.0279 e. The van der Waals surface area contributed by atoms with Crippen LogP contribution < -0.4 is 11.3 Å². The Morgan fingerprint density at radius 1 is 1.15 bits per heavy atom. The molecule has 1 aliphatic rings. The largest absolute Gasteiger partial charge is 0.271 e. The number of hydrogen-bond donors (Lipinski definition) is 2. The highest BCUT2D eigenvalue weighted by Crippen LogP contribution is 2.35. The second kappa shape index (κ2) is 7.58. The highest BCUT2D eigenvalue weighted by molar-refractivity contribution is 9.10. The standard InChI is InChI=1S/C17H27BrN2/c1-12(2)13-7-9-14(10-8-13)17(20-19)11-15-5-3-4-6-16(15)18/h3-6,12-14,17,20H,7-11,19H2,1-2H3. The molecule has 1 aromatic carbocycles. The normalized spacial score (nSPS) is 24.9. The summed E-state index contributed by atoms with van der Waals surface area (Å²) in [6, 6.07) is 8.85. The first kappa shape index (κ1) is 16.0. The van der Waals surface area contributed by atoms with Crippen molar-refractivity contribution in [1.82, 2.24) is 5.43 Å². The van der Waals surface area contributed by atoms with Crippen molar-refractivity contribution in [3.8, 4) is 0 Å². The summed E-state index contributed by atoms with van der Waals surface area (Å²) in [6.07, 6.45) is 6.34. The first-order chi connectivity index (χ1) is 9.61. The van der Waals surface area contributed by atoms with Gasteiger partial charge in [0, 0.05) is 10.5 Å². The van der Waals surface area contributed by atoms with E-state index in [-0.39, 0.29) is 0 Å². The molecule has 1 unspecified atom stereocenters. The first-order valence-corrected chi connectivity index (χ1v) is 8.60. The van der Waals surface area contributed by atoms with E-state index in [0.29, 0.717) is 12.0 Å². The van der Waals surface area contributed by atoms with Gasteiger partial charge in [0.05, 0.1) is 0 Å². The molecule has 0 aromatic heterocycles. The number of hydrazine groups is 1. The molecule has 1 fully saturated rings. The first-order valence-electron chi connectivity index (χ1n) is 7.81. The van der Waals surface area contributed by atoms with Gasteiger partial charge >= 0.3 is 0 Å². The molecule has 112 valence electrons. The molecule has 20 heavy (non-hydrogen) atoms. The Balaban J connectivity index is 1.95. The number of rotatable bonds is 5. The van der Waals surface area contributed by atoms with E-state index in [1.807, 2.05) is 0 Å². The Morgan fingerprint density at radius 2 is 1.75 bits per heavy atom. The van der Waals surface area contributed by atoms with Gasteiger partial charge in [-0.05, 0) is 61.5 Å². The minimum absolute atomic E-state index is 0.391. The number of nitrogens with one attached hydrogen (secondary N) is 1. The van der Waals surface area contributed by atoms with Crippen LogP contribution in [0.3, 0.4) is 0 Å². The van der Waals surface area contributed by atoms with Crippen LogP contribution in [0.25, 0.3) is 0 Å². The fourth-order valence-electron chi connectivity index (χ4n) is 3.48. The molecule has 2 nitrogen and oxygen atoms in total. The van der Waals surface area contributed by atoms with Crippen molar-refractivity contribution in [2.45, 2.75) is 52.0 Å². The second-order valence-corrected chi connectivity index (χ2v) is 7.34. The van der Waals surface area contributed by atoms with Gasteiger partial charge in [-0.25, -0.2) is 0 Å². The minimum Gasteiger partial charge on any atom is -0.271 e. The number of nitrogens with two attached hydrogens (primary N) is 1. The molecule has 1 aromatic rings. The number of halogens is 1. The lowest BCUT2D eigenvalue weighted by Crippen LogP contribution is -2.44. The van der Waals surface area contributed by atoms with E-state index in [9.17, 15) is 0 Å². The van der Waals surface area contributed by atoms with E-state index in [2.05, 4.69) is 59.5 Å². The predicted molar refractivity (Wildman–Crippen MR) is 89.2 cm³/mol. The van der Waals surface area contributed by atoms with E-state index >= 15 is 0 Å². The van der Waals surface area contributed by atoms with Gasteiger partial charge in [0.15, 0.2) is 0 Å². The van der Waals surface area contributed by atoms with Gasteiger partial charge < -0.3 is 0 Å². The van der Waals surface area contributed by atoms with Crippen LogP contribution in [0.5, 0.6) is 0 Å². The van der Waals surface area contributed by atoms with Crippen molar-refractivity contribution in [3.05, 3.63) is 34.3 Å². The molecule has 1 saturated carbocycles.